The van der Waals surface area contributed by atoms with Gasteiger partial charge in [0.25, 0.3) is 8.38 Å². The van der Waals surface area contributed by atoms with Crippen molar-refractivity contribution < 1.29 is 17.8 Å². The van der Waals surface area contributed by atoms with Crippen LogP contribution in [0.15, 0.2) is 27.1 Å². The predicted molar refractivity (Wildman–Crippen MR) is 91.3 cm³/mol. The lowest BCUT2D eigenvalue weighted by molar-refractivity contribution is 0.0600. The van der Waals surface area contributed by atoms with E-state index in [1.54, 1.807) is 13.8 Å². The first kappa shape index (κ1) is 17.7. The maximum absolute atomic E-state index is 14.7. The van der Waals surface area contributed by atoms with Crippen LogP contribution in [-0.4, -0.2) is 13.2 Å². The Morgan fingerprint density at radius 3 is 2.38 bits per heavy atom. The number of rotatable bonds is 6. The van der Waals surface area contributed by atoms with Gasteiger partial charge in [0.15, 0.2) is 0 Å². The quantitative estimate of drug-likeness (QED) is 0.437. The van der Waals surface area contributed by atoms with Gasteiger partial charge >= 0.3 is 5.66 Å². The first-order valence-corrected chi connectivity index (χ1v) is 9.81. The highest BCUT2D eigenvalue weighted by Crippen LogP contribution is 2.63. The molecule has 8 heteroatoms. The zero-order chi connectivity index (χ0) is 15.6. The molecule has 0 aliphatic rings. The molecule has 0 saturated heterocycles. The van der Waals surface area contributed by atoms with E-state index in [9.17, 15) is 8.78 Å². The molecule has 0 radical (unpaired) electrons. The minimum Gasteiger partial charge on any atom is -0.330 e. The van der Waals surface area contributed by atoms with Crippen LogP contribution >= 0.6 is 51.6 Å². The van der Waals surface area contributed by atoms with Crippen molar-refractivity contribution in [3.8, 4) is 0 Å². The van der Waals surface area contributed by atoms with Crippen LogP contribution in [0.3, 0.4) is 0 Å². The highest BCUT2D eigenvalue weighted by molar-refractivity contribution is 9.11. The zero-order valence-corrected chi connectivity index (χ0v) is 16.2. The fourth-order valence-corrected chi connectivity index (χ4v) is 5.90. The van der Waals surface area contributed by atoms with E-state index >= 15 is 0 Å². The number of halogens is 4. The molecular formula is C13H13Br2F2O2PS. The Balaban J connectivity index is 2.49. The van der Waals surface area contributed by atoms with E-state index in [1.165, 1.54) is 0 Å². The summed E-state index contributed by atoms with van der Waals surface area (Å²) in [4.78, 5) is -0.0522. The molecule has 0 aliphatic carbocycles. The largest absolute Gasteiger partial charge is 0.349 e. The Morgan fingerprint density at radius 2 is 1.81 bits per heavy atom. The average Bonchev–Trinajstić information content (AvgIpc) is 2.76. The summed E-state index contributed by atoms with van der Waals surface area (Å²) in [7, 11) is -2.31. The van der Waals surface area contributed by atoms with Crippen LogP contribution in [0.5, 0.6) is 0 Å². The first-order chi connectivity index (χ1) is 9.91. The van der Waals surface area contributed by atoms with Gasteiger partial charge in [-0.3, -0.25) is 0 Å². The minimum absolute atomic E-state index is 0.0522. The Bertz CT molecular complexity index is 630. The topological polar surface area (TPSA) is 18.5 Å². The average molecular weight is 462 g/mol. The number of hydrogen-bond donors (Lipinski definition) is 0. The highest BCUT2D eigenvalue weighted by atomic mass is 79.9. The van der Waals surface area contributed by atoms with Crippen LogP contribution in [0.2, 0.25) is 0 Å². The van der Waals surface area contributed by atoms with Crippen LogP contribution < -0.4 is 0 Å². The molecule has 0 N–H and O–H groups in total. The smallest absolute Gasteiger partial charge is 0.330 e. The van der Waals surface area contributed by atoms with Gasteiger partial charge in [0, 0.05) is 19.0 Å². The van der Waals surface area contributed by atoms with E-state index in [0.717, 1.165) is 25.9 Å². The van der Waals surface area contributed by atoms with E-state index in [0.29, 0.717) is 4.47 Å². The van der Waals surface area contributed by atoms with Crippen molar-refractivity contribution in [1.82, 2.24) is 0 Å². The highest BCUT2D eigenvalue weighted by Gasteiger charge is 2.47. The van der Waals surface area contributed by atoms with Crippen molar-refractivity contribution in [3.05, 3.63) is 32.0 Å². The molecule has 1 heterocycles. The Hall–Kier alpha value is 0.350. The van der Waals surface area contributed by atoms with Crippen molar-refractivity contribution in [3.63, 3.8) is 0 Å². The van der Waals surface area contributed by atoms with E-state index in [2.05, 4.69) is 31.9 Å². The van der Waals surface area contributed by atoms with Gasteiger partial charge in [-0.25, -0.2) is 0 Å². The lowest BCUT2D eigenvalue weighted by atomic mass is 10.2. The van der Waals surface area contributed by atoms with Crippen LogP contribution in [0.25, 0.3) is 10.1 Å². The SMILES string of the molecule is CCOP(OCC)C(F)(F)c1sc2cc(Br)ccc2c1Br. The molecule has 21 heavy (non-hydrogen) atoms. The molecule has 0 amide bonds. The molecule has 1 aromatic carbocycles. The van der Waals surface area contributed by atoms with Gasteiger partial charge in [-0.2, -0.15) is 8.78 Å². The van der Waals surface area contributed by atoms with Crippen molar-refractivity contribution in [2.75, 3.05) is 13.2 Å². The molecule has 0 saturated carbocycles. The monoisotopic (exact) mass is 460 g/mol. The fourth-order valence-electron chi connectivity index (χ4n) is 1.75. The van der Waals surface area contributed by atoms with Crippen LogP contribution in [-0.2, 0) is 14.7 Å². The summed E-state index contributed by atoms with van der Waals surface area (Å²) < 4.78 is 41.8. The summed E-state index contributed by atoms with van der Waals surface area (Å²) in [5.74, 6) is 0. The maximum Gasteiger partial charge on any atom is 0.349 e. The Morgan fingerprint density at radius 1 is 1.19 bits per heavy atom. The normalized spacial score (nSPS) is 12.5. The standard InChI is InChI=1S/C13H13Br2F2O2PS/c1-3-18-20(19-4-2)13(16,17)12-11(15)9-6-5-8(14)7-10(9)21-12/h5-7H,3-4H2,1-2H3. The third-order valence-electron chi connectivity index (χ3n) is 2.59. The summed E-state index contributed by atoms with van der Waals surface area (Å²) in [5, 5.41) is 0.765. The van der Waals surface area contributed by atoms with Crippen molar-refractivity contribution in [2.24, 2.45) is 0 Å². The first-order valence-electron chi connectivity index (χ1n) is 6.23. The van der Waals surface area contributed by atoms with Gasteiger partial charge < -0.3 is 9.05 Å². The molecule has 2 aromatic rings. The minimum atomic E-state index is -3.16. The molecule has 2 rings (SSSR count). The molecule has 0 bridgehead atoms. The number of thiophene rings is 1. The van der Waals surface area contributed by atoms with Crippen LogP contribution in [0.1, 0.15) is 18.7 Å². The van der Waals surface area contributed by atoms with Crippen molar-refractivity contribution in [2.45, 2.75) is 19.5 Å². The molecule has 0 fully saturated rings. The second kappa shape index (κ2) is 7.28. The Labute approximate surface area is 144 Å². The van der Waals surface area contributed by atoms with Crippen molar-refractivity contribution in [1.29, 1.82) is 0 Å². The van der Waals surface area contributed by atoms with Gasteiger partial charge in [0.05, 0.1) is 18.1 Å². The molecule has 1 aromatic heterocycles. The van der Waals surface area contributed by atoms with E-state index < -0.39 is 14.0 Å². The fraction of sp³-hybridized carbons (Fsp3) is 0.385. The third-order valence-corrected chi connectivity index (χ3v) is 7.21. The number of hydrogen-bond acceptors (Lipinski definition) is 3. The van der Waals surface area contributed by atoms with Gasteiger partial charge in [0.1, 0.15) is 0 Å². The lowest BCUT2D eigenvalue weighted by Crippen LogP contribution is -2.13. The van der Waals surface area contributed by atoms with E-state index in [4.69, 9.17) is 9.05 Å². The number of benzene rings is 1. The molecule has 2 nitrogen and oxygen atoms in total. The van der Waals surface area contributed by atoms with Gasteiger partial charge in [-0.1, -0.05) is 22.0 Å². The maximum atomic E-state index is 14.7. The second-order valence-corrected chi connectivity index (χ2v) is 8.37. The third kappa shape index (κ3) is 3.65. The molecule has 116 valence electrons. The molecule has 0 unspecified atom stereocenters. The Kier molecular flexibility index (Phi) is 6.14. The van der Waals surface area contributed by atoms with Crippen LogP contribution in [0, 0.1) is 0 Å². The predicted octanol–water partition coefficient (Wildman–Crippen LogP) is 6.86. The van der Waals surface area contributed by atoms with Gasteiger partial charge in [-0.15, -0.1) is 11.3 Å². The zero-order valence-electron chi connectivity index (χ0n) is 11.3. The van der Waals surface area contributed by atoms with Crippen LogP contribution in [0.4, 0.5) is 8.78 Å². The summed E-state index contributed by atoms with van der Waals surface area (Å²) >= 11 is 7.71. The summed E-state index contributed by atoms with van der Waals surface area (Å²) in [6.07, 6.45) is 0. The number of fused-ring (bicyclic) bond motifs is 1. The summed E-state index contributed by atoms with van der Waals surface area (Å²) in [6.45, 7) is 3.74. The second-order valence-electron chi connectivity index (χ2n) is 4.02. The number of alkyl halides is 2. The molecular weight excluding hydrogens is 449 g/mol. The summed E-state index contributed by atoms with van der Waals surface area (Å²) in [6, 6.07) is 5.47. The van der Waals surface area contributed by atoms with E-state index in [-0.39, 0.29) is 18.1 Å². The van der Waals surface area contributed by atoms with E-state index in [1.807, 2.05) is 18.2 Å². The summed E-state index contributed by atoms with van der Waals surface area (Å²) in [5.41, 5.74) is -3.16. The van der Waals surface area contributed by atoms with Gasteiger partial charge in [0.2, 0.25) is 0 Å². The van der Waals surface area contributed by atoms with Gasteiger partial charge in [-0.05, 0) is 41.9 Å². The lowest BCUT2D eigenvalue weighted by Gasteiger charge is -2.24. The van der Waals surface area contributed by atoms with Crippen molar-refractivity contribution >= 4 is 61.7 Å². The molecule has 0 spiro atoms. The molecule has 0 atom stereocenters. The molecule has 0 aliphatic heterocycles.